The van der Waals surface area contributed by atoms with Crippen molar-refractivity contribution in [1.82, 2.24) is 15.2 Å². The van der Waals surface area contributed by atoms with E-state index in [1.165, 1.54) is 11.8 Å². The van der Waals surface area contributed by atoms with Crippen LogP contribution >= 0.6 is 11.8 Å². The molecule has 3 aromatic carbocycles. The monoisotopic (exact) mass is 444 g/mol. The van der Waals surface area contributed by atoms with E-state index in [-0.39, 0.29) is 11.7 Å². The first-order valence-corrected chi connectivity index (χ1v) is 11.2. The Morgan fingerprint density at radius 1 is 1.00 bits per heavy atom. The first kappa shape index (κ1) is 21.6. The Kier molecular flexibility index (Phi) is 6.87. The number of nitrogens with one attached hydrogen (secondary N) is 2. The zero-order valence-corrected chi connectivity index (χ0v) is 18.8. The Balaban J connectivity index is 1.29. The summed E-state index contributed by atoms with van der Waals surface area (Å²) in [5, 5.41) is 10.6. The number of aromatic amines is 1. The van der Waals surface area contributed by atoms with Crippen LogP contribution in [0.4, 0.5) is 5.69 Å². The van der Waals surface area contributed by atoms with Gasteiger partial charge in [0.25, 0.3) is 0 Å². The average Bonchev–Trinajstić information content (AvgIpc) is 3.26. The molecule has 0 spiro atoms. The Hall–Kier alpha value is -3.58. The lowest BCUT2D eigenvalue weighted by Gasteiger charge is -2.07. The molecule has 0 aliphatic heterocycles. The zero-order chi connectivity index (χ0) is 22.3. The molecule has 7 heteroatoms. The number of aromatic nitrogens is 3. The van der Waals surface area contributed by atoms with E-state index in [9.17, 15) is 4.79 Å². The first-order chi connectivity index (χ1) is 15.5. The van der Waals surface area contributed by atoms with Crippen LogP contribution in [0.2, 0.25) is 0 Å². The number of nitrogens with zero attached hydrogens (tertiary/aromatic N) is 2. The second-order valence-corrected chi connectivity index (χ2v) is 8.42. The molecule has 4 rings (SSSR count). The molecule has 32 heavy (non-hydrogen) atoms. The van der Waals surface area contributed by atoms with Gasteiger partial charge in [0.1, 0.15) is 12.4 Å². The molecule has 0 saturated carbocycles. The molecule has 4 aromatic rings. The van der Waals surface area contributed by atoms with Gasteiger partial charge >= 0.3 is 0 Å². The summed E-state index contributed by atoms with van der Waals surface area (Å²) >= 11 is 1.29. The van der Waals surface area contributed by atoms with Crippen molar-refractivity contribution in [2.75, 3.05) is 11.1 Å². The van der Waals surface area contributed by atoms with Gasteiger partial charge in [0, 0.05) is 11.3 Å². The van der Waals surface area contributed by atoms with Gasteiger partial charge in [-0.2, -0.15) is 0 Å². The van der Waals surface area contributed by atoms with Gasteiger partial charge in [-0.3, -0.25) is 9.89 Å². The standard InChI is InChI=1S/C25H24N4O2S/c1-17-12-18(2)14-21(13-17)26-23(30)16-32-25-27-24(28-29-25)20-8-10-22(11-9-20)31-15-19-6-4-3-5-7-19/h3-14H,15-16H2,1-2H3,(H,26,30)(H,27,28,29). The highest BCUT2D eigenvalue weighted by molar-refractivity contribution is 7.99. The van der Waals surface area contributed by atoms with E-state index in [1.807, 2.05) is 80.6 Å². The van der Waals surface area contributed by atoms with Gasteiger partial charge in [-0.25, -0.2) is 4.98 Å². The molecule has 0 aliphatic rings. The van der Waals surface area contributed by atoms with Crippen molar-refractivity contribution in [3.05, 3.63) is 89.5 Å². The van der Waals surface area contributed by atoms with Crippen LogP contribution < -0.4 is 10.1 Å². The summed E-state index contributed by atoms with van der Waals surface area (Å²) in [5.74, 6) is 1.58. The van der Waals surface area contributed by atoms with Crippen LogP contribution in [0.3, 0.4) is 0 Å². The van der Waals surface area contributed by atoms with Crippen molar-refractivity contribution >= 4 is 23.4 Å². The van der Waals surface area contributed by atoms with Crippen LogP contribution in [0.25, 0.3) is 11.4 Å². The maximum atomic E-state index is 12.3. The van der Waals surface area contributed by atoms with Crippen LogP contribution in [0.15, 0.2) is 78.0 Å². The lowest BCUT2D eigenvalue weighted by molar-refractivity contribution is -0.113. The quantitative estimate of drug-likeness (QED) is 0.356. The number of hydrogen-bond acceptors (Lipinski definition) is 5. The Morgan fingerprint density at radius 2 is 1.72 bits per heavy atom. The summed E-state index contributed by atoms with van der Waals surface area (Å²) < 4.78 is 5.82. The molecule has 1 heterocycles. The van der Waals surface area contributed by atoms with Crippen LogP contribution in [-0.4, -0.2) is 26.8 Å². The van der Waals surface area contributed by atoms with Crippen molar-refractivity contribution < 1.29 is 9.53 Å². The molecule has 2 N–H and O–H groups in total. The third kappa shape index (κ3) is 5.98. The summed E-state index contributed by atoms with van der Waals surface area (Å²) in [6, 6.07) is 23.7. The van der Waals surface area contributed by atoms with Crippen molar-refractivity contribution in [1.29, 1.82) is 0 Å². The van der Waals surface area contributed by atoms with Crippen molar-refractivity contribution in [2.24, 2.45) is 0 Å². The van der Waals surface area contributed by atoms with Gasteiger partial charge in [-0.1, -0.05) is 48.2 Å². The molecular weight excluding hydrogens is 420 g/mol. The fourth-order valence-corrected chi connectivity index (χ4v) is 3.86. The highest BCUT2D eigenvalue weighted by atomic mass is 32.2. The normalized spacial score (nSPS) is 10.7. The number of amides is 1. The Morgan fingerprint density at radius 3 is 2.44 bits per heavy atom. The number of H-pyrrole nitrogens is 1. The SMILES string of the molecule is Cc1cc(C)cc(NC(=O)CSc2n[nH]c(-c3ccc(OCc4ccccc4)cc3)n2)c1. The molecule has 1 aromatic heterocycles. The van der Waals surface area contributed by atoms with Crippen LogP contribution in [0, 0.1) is 13.8 Å². The number of thioether (sulfide) groups is 1. The minimum Gasteiger partial charge on any atom is -0.489 e. The van der Waals surface area contributed by atoms with E-state index in [1.54, 1.807) is 0 Å². The van der Waals surface area contributed by atoms with Gasteiger partial charge < -0.3 is 10.1 Å². The molecule has 0 aliphatic carbocycles. The van der Waals surface area contributed by atoms with E-state index in [0.29, 0.717) is 17.6 Å². The average molecular weight is 445 g/mol. The fraction of sp³-hybridized carbons (Fsp3) is 0.160. The number of anilines is 1. The van der Waals surface area contributed by atoms with Crippen LogP contribution in [-0.2, 0) is 11.4 Å². The summed E-state index contributed by atoms with van der Waals surface area (Å²) in [6.45, 7) is 4.54. The van der Waals surface area contributed by atoms with E-state index in [2.05, 4.69) is 26.6 Å². The topological polar surface area (TPSA) is 79.9 Å². The third-order valence-corrected chi connectivity index (χ3v) is 5.53. The largest absolute Gasteiger partial charge is 0.489 e. The van der Waals surface area contributed by atoms with Gasteiger partial charge in [0.05, 0.1) is 5.75 Å². The number of aryl methyl sites for hydroxylation is 2. The molecular formula is C25H24N4O2S. The second-order valence-electron chi connectivity index (χ2n) is 7.48. The molecule has 0 bridgehead atoms. The van der Waals surface area contributed by atoms with Gasteiger partial charge in [0.15, 0.2) is 5.82 Å². The van der Waals surface area contributed by atoms with Crippen molar-refractivity contribution in [2.45, 2.75) is 25.6 Å². The maximum Gasteiger partial charge on any atom is 0.234 e. The number of carbonyl (C=O) groups excluding carboxylic acids is 1. The molecule has 0 fully saturated rings. The predicted molar refractivity (Wildman–Crippen MR) is 128 cm³/mol. The Labute approximate surface area is 191 Å². The summed E-state index contributed by atoms with van der Waals surface area (Å²) in [7, 11) is 0. The fourth-order valence-electron chi connectivity index (χ4n) is 3.26. The molecule has 1 amide bonds. The zero-order valence-electron chi connectivity index (χ0n) is 18.0. The van der Waals surface area contributed by atoms with Gasteiger partial charge in [0.2, 0.25) is 11.1 Å². The van der Waals surface area contributed by atoms with Gasteiger partial charge in [-0.15, -0.1) is 5.10 Å². The summed E-state index contributed by atoms with van der Waals surface area (Å²) in [5.41, 5.74) is 5.05. The molecule has 0 radical (unpaired) electrons. The highest BCUT2D eigenvalue weighted by Gasteiger charge is 2.10. The summed E-state index contributed by atoms with van der Waals surface area (Å²) in [4.78, 5) is 16.8. The van der Waals surface area contributed by atoms with Crippen LogP contribution in [0.5, 0.6) is 5.75 Å². The van der Waals surface area contributed by atoms with Crippen molar-refractivity contribution in [3.8, 4) is 17.1 Å². The molecule has 0 atom stereocenters. The number of carbonyl (C=O) groups is 1. The first-order valence-electron chi connectivity index (χ1n) is 10.3. The molecule has 0 saturated heterocycles. The maximum absolute atomic E-state index is 12.3. The van der Waals surface area contributed by atoms with E-state index >= 15 is 0 Å². The third-order valence-electron chi connectivity index (χ3n) is 4.68. The number of benzene rings is 3. The van der Waals surface area contributed by atoms with Crippen molar-refractivity contribution in [3.63, 3.8) is 0 Å². The molecule has 6 nitrogen and oxygen atoms in total. The number of ether oxygens (including phenoxy) is 1. The lowest BCUT2D eigenvalue weighted by Crippen LogP contribution is -2.14. The molecule has 162 valence electrons. The van der Waals surface area contributed by atoms with Crippen LogP contribution in [0.1, 0.15) is 16.7 Å². The minimum absolute atomic E-state index is 0.0914. The smallest absolute Gasteiger partial charge is 0.234 e. The second kappa shape index (κ2) is 10.2. The minimum atomic E-state index is -0.0914. The number of rotatable bonds is 8. The highest BCUT2D eigenvalue weighted by Crippen LogP contribution is 2.23. The van der Waals surface area contributed by atoms with Gasteiger partial charge in [-0.05, 0) is 66.9 Å². The Bertz CT molecular complexity index is 1170. The van der Waals surface area contributed by atoms with E-state index in [4.69, 9.17) is 4.74 Å². The molecule has 0 unspecified atom stereocenters. The van der Waals surface area contributed by atoms with E-state index in [0.717, 1.165) is 33.7 Å². The summed E-state index contributed by atoms with van der Waals surface area (Å²) in [6.07, 6.45) is 0. The lowest BCUT2D eigenvalue weighted by atomic mass is 10.1. The van der Waals surface area contributed by atoms with E-state index < -0.39 is 0 Å². The number of hydrogen-bond donors (Lipinski definition) is 2. The predicted octanol–water partition coefficient (Wildman–Crippen LogP) is 5.40.